The summed E-state index contributed by atoms with van der Waals surface area (Å²) in [5, 5.41) is 10.3. The number of amides is 1. The summed E-state index contributed by atoms with van der Waals surface area (Å²) in [6.07, 6.45) is 0. The first-order chi connectivity index (χ1) is 10.0. The zero-order chi connectivity index (χ0) is 15.4. The second-order valence-electron chi connectivity index (χ2n) is 5.02. The third-order valence-electron chi connectivity index (χ3n) is 3.00. The van der Waals surface area contributed by atoms with Crippen molar-refractivity contribution in [1.82, 2.24) is 10.3 Å². The van der Waals surface area contributed by atoms with Crippen molar-refractivity contribution in [1.29, 1.82) is 0 Å². The average molecular weight is 289 g/mol. The van der Waals surface area contributed by atoms with Crippen molar-refractivity contribution < 1.29 is 14.2 Å². The first-order valence-electron chi connectivity index (χ1n) is 6.90. The van der Waals surface area contributed by atoms with Gasteiger partial charge in [0.15, 0.2) is 5.69 Å². The van der Waals surface area contributed by atoms with Crippen molar-refractivity contribution in [2.75, 3.05) is 11.9 Å². The lowest BCUT2D eigenvalue weighted by Crippen LogP contribution is -2.18. The predicted molar refractivity (Wildman–Crippen MR) is 79.1 cm³/mol. The maximum Gasteiger partial charge on any atom is 0.228 e. The highest BCUT2D eigenvalue weighted by Crippen LogP contribution is 2.29. The summed E-state index contributed by atoms with van der Waals surface area (Å²) in [5.74, 6) is 0.883. The maximum absolute atomic E-state index is 11.8. The minimum atomic E-state index is -0.142. The minimum Gasteiger partial charge on any atom is -0.494 e. The topological polar surface area (TPSA) is 77.2 Å². The second-order valence-corrected chi connectivity index (χ2v) is 5.02. The van der Waals surface area contributed by atoms with Crippen LogP contribution in [0.4, 0.5) is 5.82 Å². The molecule has 0 spiro atoms. The summed E-state index contributed by atoms with van der Waals surface area (Å²) in [5.41, 5.74) is 2.31. The van der Waals surface area contributed by atoms with Gasteiger partial charge in [0.1, 0.15) is 5.75 Å². The van der Waals surface area contributed by atoms with E-state index in [2.05, 4.69) is 15.6 Å². The maximum atomic E-state index is 11.8. The molecule has 1 amide bonds. The number of nitrogens with zero attached hydrogens (tertiary/aromatic N) is 2. The fourth-order valence-electron chi connectivity index (χ4n) is 1.84. The van der Waals surface area contributed by atoms with E-state index in [1.807, 2.05) is 45.9 Å². The molecule has 21 heavy (non-hydrogen) atoms. The first kappa shape index (κ1) is 15.0. The van der Waals surface area contributed by atoms with Gasteiger partial charge in [-0.2, -0.15) is 0 Å². The van der Waals surface area contributed by atoms with E-state index in [0.29, 0.717) is 18.1 Å². The van der Waals surface area contributed by atoms with Gasteiger partial charge in [-0.3, -0.25) is 4.79 Å². The Balaban J connectivity index is 2.29. The third kappa shape index (κ3) is 3.39. The molecule has 1 N–H and O–H groups in total. The smallest absolute Gasteiger partial charge is 0.228 e. The van der Waals surface area contributed by atoms with Crippen LogP contribution < -0.4 is 10.1 Å². The Hall–Kier alpha value is -2.37. The molecule has 0 radical (unpaired) electrons. The number of anilines is 1. The standard InChI is InChI=1S/C15H19N3O3/c1-5-20-12-7-6-11(8-10(12)4)13-14(18-21-17-13)16-15(19)9(2)3/h6-9H,5H2,1-4H3,(H,16,18,19). The summed E-state index contributed by atoms with van der Waals surface area (Å²) in [7, 11) is 0. The summed E-state index contributed by atoms with van der Waals surface area (Å²) in [4.78, 5) is 11.8. The van der Waals surface area contributed by atoms with Crippen LogP contribution in [0.3, 0.4) is 0 Å². The lowest BCUT2D eigenvalue weighted by molar-refractivity contribution is -0.118. The largest absolute Gasteiger partial charge is 0.494 e. The van der Waals surface area contributed by atoms with Gasteiger partial charge in [0, 0.05) is 11.5 Å². The molecule has 0 aliphatic carbocycles. The molecule has 0 aliphatic heterocycles. The summed E-state index contributed by atoms with van der Waals surface area (Å²) in [6.45, 7) is 8.12. The first-order valence-corrected chi connectivity index (χ1v) is 6.90. The molecular weight excluding hydrogens is 270 g/mol. The fourth-order valence-corrected chi connectivity index (χ4v) is 1.84. The van der Waals surface area contributed by atoms with E-state index in [1.165, 1.54) is 0 Å². The van der Waals surface area contributed by atoms with Crippen LogP contribution in [0.15, 0.2) is 22.8 Å². The molecule has 0 saturated carbocycles. The van der Waals surface area contributed by atoms with E-state index in [0.717, 1.165) is 16.9 Å². The third-order valence-corrected chi connectivity index (χ3v) is 3.00. The normalized spacial score (nSPS) is 10.7. The molecule has 6 heteroatoms. The highest BCUT2D eigenvalue weighted by atomic mass is 16.6. The number of hydrogen-bond acceptors (Lipinski definition) is 5. The van der Waals surface area contributed by atoms with Crippen molar-refractivity contribution in [3.63, 3.8) is 0 Å². The SMILES string of the molecule is CCOc1ccc(-c2nonc2NC(=O)C(C)C)cc1C. The molecule has 112 valence electrons. The molecule has 0 saturated heterocycles. The van der Waals surface area contributed by atoms with Crippen LogP contribution in [-0.2, 0) is 4.79 Å². The van der Waals surface area contributed by atoms with Gasteiger partial charge in [-0.25, -0.2) is 4.63 Å². The van der Waals surface area contributed by atoms with E-state index in [1.54, 1.807) is 0 Å². The number of ether oxygens (including phenoxy) is 1. The Bertz CT molecular complexity index is 635. The highest BCUT2D eigenvalue weighted by Gasteiger charge is 2.17. The van der Waals surface area contributed by atoms with Crippen molar-refractivity contribution in [2.45, 2.75) is 27.7 Å². The van der Waals surface area contributed by atoms with Gasteiger partial charge in [0.2, 0.25) is 11.7 Å². The number of carbonyl (C=O) groups is 1. The molecule has 1 aromatic heterocycles. The van der Waals surface area contributed by atoms with Crippen LogP contribution in [0.5, 0.6) is 5.75 Å². The number of aromatic nitrogens is 2. The van der Waals surface area contributed by atoms with Crippen LogP contribution in [0, 0.1) is 12.8 Å². The Morgan fingerprint density at radius 1 is 1.38 bits per heavy atom. The number of aryl methyl sites for hydroxylation is 1. The second kappa shape index (κ2) is 6.39. The minimum absolute atomic E-state index is 0.130. The summed E-state index contributed by atoms with van der Waals surface area (Å²) < 4.78 is 10.3. The molecule has 0 fully saturated rings. The van der Waals surface area contributed by atoms with E-state index in [9.17, 15) is 4.79 Å². The predicted octanol–water partition coefficient (Wildman–Crippen LogP) is 3.04. The molecule has 0 unspecified atom stereocenters. The molecule has 2 aromatic rings. The average Bonchev–Trinajstić information content (AvgIpc) is 2.89. The van der Waals surface area contributed by atoms with Crippen molar-refractivity contribution in [3.8, 4) is 17.0 Å². The molecule has 6 nitrogen and oxygen atoms in total. The zero-order valence-electron chi connectivity index (χ0n) is 12.6. The molecule has 0 aliphatic rings. The van der Waals surface area contributed by atoms with Crippen molar-refractivity contribution in [2.24, 2.45) is 5.92 Å². The van der Waals surface area contributed by atoms with E-state index >= 15 is 0 Å². The van der Waals surface area contributed by atoms with E-state index in [4.69, 9.17) is 9.37 Å². The van der Waals surface area contributed by atoms with Crippen LogP contribution in [-0.4, -0.2) is 22.8 Å². The Morgan fingerprint density at radius 2 is 2.14 bits per heavy atom. The van der Waals surface area contributed by atoms with Gasteiger partial charge >= 0.3 is 0 Å². The molecule has 0 bridgehead atoms. The van der Waals surface area contributed by atoms with E-state index < -0.39 is 0 Å². The van der Waals surface area contributed by atoms with Crippen LogP contribution >= 0.6 is 0 Å². The number of carbonyl (C=O) groups excluding carboxylic acids is 1. The van der Waals surface area contributed by atoms with Gasteiger partial charge in [-0.1, -0.05) is 13.8 Å². The zero-order valence-corrected chi connectivity index (χ0v) is 12.6. The monoisotopic (exact) mass is 289 g/mol. The van der Waals surface area contributed by atoms with E-state index in [-0.39, 0.29) is 11.8 Å². The Kier molecular flexibility index (Phi) is 4.57. The lowest BCUT2D eigenvalue weighted by Gasteiger charge is -2.09. The molecule has 0 atom stereocenters. The van der Waals surface area contributed by atoms with Gasteiger partial charge < -0.3 is 10.1 Å². The number of nitrogens with one attached hydrogen (secondary N) is 1. The van der Waals surface area contributed by atoms with Crippen molar-refractivity contribution >= 4 is 11.7 Å². The number of hydrogen-bond donors (Lipinski definition) is 1. The van der Waals surface area contributed by atoms with Crippen molar-refractivity contribution in [3.05, 3.63) is 23.8 Å². The molecule has 1 aromatic carbocycles. The highest BCUT2D eigenvalue weighted by molar-refractivity contribution is 5.94. The fraction of sp³-hybridized carbons (Fsp3) is 0.400. The summed E-state index contributed by atoms with van der Waals surface area (Å²) >= 11 is 0. The van der Waals surface area contributed by atoms with Gasteiger partial charge in [-0.15, -0.1) is 0 Å². The van der Waals surface area contributed by atoms with Gasteiger partial charge in [0.25, 0.3) is 0 Å². The Morgan fingerprint density at radius 3 is 2.76 bits per heavy atom. The van der Waals surface area contributed by atoms with Gasteiger partial charge in [0.05, 0.1) is 6.61 Å². The summed E-state index contributed by atoms with van der Waals surface area (Å²) in [6, 6.07) is 5.66. The van der Waals surface area contributed by atoms with Crippen LogP contribution in [0.2, 0.25) is 0 Å². The molecule has 2 rings (SSSR count). The van der Waals surface area contributed by atoms with Crippen LogP contribution in [0.25, 0.3) is 11.3 Å². The number of rotatable bonds is 5. The molecule has 1 heterocycles. The Labute approximate surface area is 123 Å². The molecular formula is C15H19N3O3. The van der Waals surface area contributed by atoms with Gasteiger partial charge in [-0.05, 0) is 47.9 Å². The number of benzene rings is 1. The quantitative estimate of drug-likeness (QED) is 0.915. The van der Waals surface area contributed by atoms with Crippen LogP contribution in [0.1, 0.15) is 26.3 Å². The lowest BCUT2D eigenvalue weighted by atomic mass is 10.1.